The summed E-state index contributed by atoms with van der Waals surface area (Å²) in [5.74, 6) is -0.383. The molecular weight excluding hydrogens is 285 g/mol. The number of halogens is 2. The van der Waals surface area contributed by atoms with Crippen LogP contribution in [0.2, 0.25) is 5.02 Å². The van der Waals surface area contributed by atoms with Gasteiger partial charge in [-0.15, -0.1) is 0 Å². The SMILES string of the molecule is COC(=O)c1ccc(C(C)Nc2cc(Cl)ccc2F)o1. The van der Waals surface area contributed by atoms with Gasteiger partial charge in [-0.1, -0.05) is 11.6 Å². The van der Waals surface area contributed by atoms with E-state index in [1.165, 1.54) is 31.4 Å². The van der Waals surface area contributed by atoms with Gasteiger partial charge in [0.05, 0.1) is 18.8 Å². The van der Waals surface area contributed by atoms with E-state index in [-0.39, 0.29) is 17.5 Å². The van der Waals surface area contributed by atoms with Gasteiger partial charge in [0.25, 0.3) is 0 Å². The normalized spacial score (nSPS) is 12.0. The van der Waals surface area contributed by atoms with Crippen LogP contribution in [0.5, 0.6) is 0 Å². The van der Waals surface area contributed by atoms with Crippen LogP contribution in [0.15, 0.2) is 34.7 Å². The Morgan fingerprint density at radius 2 is 2.15 bits per heavy atom. The van der Waals surface area contributed by atoms with Gasteiger partial charge in [-0.3, -0.25) is 0 Å². The van der Waals surface area contributed by atoms with Crippen LogP contribution < -0.4 is 5.32 Å². The minimum Gasteiger partial charge on any atom is -0.463 e. The van der Waals surface area contributed by atoms with Gasteiger partial charge in [-0.25, -0.2) is 9.18 Å². The molecule has 0 bridgehead atoms. The highest BCUT2D eigenvalue weighted by Crippen LogP contribution is 2.25. The van der Waals surface area contributed by atoms with Crippen molar-refractivity contribution in [3.63, 3.8) is 0 Å². The highest BCUT2D eigenvalue weighted by Gasteiger charge is 2.16. The molecule has 0 saturated carbocycles. The molecule has 20 heavy (non-hydrogen) atoms. The van der Waals surface area contributed by atoms with Crippen LogP contribution in [0, 0.1) is 5.82 Å². The van der Waals surface area contributed by atoms with E-state index in [2.05, 4.69) is 10.1 Å². The second-order valence-corrected chi connectivity index (χ2v) is 4.62. The quantitative estimate of drug-likeness (QED) is 0.866. The third-order valence-electron chi connectivity index (χ3n) is 2.74. The van der Waals surface area contributed by atoms with Crippen LogP contribution >= 0.6 is 11.6 Å². The van der Waals surface area contributed by atoms with Gasteiger partial charge in [-0.2, -0.15) is 0 Å². The lowest BCUT2D eigenvalue weighted by Crippen LogP contribution is -2.07. The Labute approximate surface area is 120 Å². The number of hydrogen-bond acceptors (Lipinski definition) is 4. The fraction of sp³-hybridized carbons (Fsp3) is 0.214. The first-order chi connectivity index (χ1) is 9.51. The molecule has 1 N–H and O–H groups in total. The van der Waals surface area contributed by atoms with Crippen LogP contribution in [0.3, 0.4) is 0 Å². The van der Waals surface area contributed by atoms with Crippen molar-refractivity contribution in [3.8, 4) is 0 Å². The van der Waals surface area contributed by atoms with Crippen molar-refractivity contribution in [2.75, 3.05) is 12.4 Å². The Morgan fingerprint density at radius 3 is 2.85 bits per heavy atom. The van der Waals surface area contributed by atoms with Crippen LogP contribution in [0.1, 0.15) is 29.3 Å². The van der Waals surface area contributed by atoms with E-state index in [9.17, 15) is 9.18 Å². The minimum absolute atomic E-state index is 0.0997. The van der Waals surface area contributed by atoms with Crippen molar-refractivity contribution >= 4 is 23.3 Å². The lowest BCUT2D eigenvalue weighted by atomic mass is 10.2. The molecule has 1 aromatic carbocycles. The maximum Gasteiger partial charge on any atom is 0.373 e. The smallest absolute Gasteiger partial charge is 0.373 e. The summed E-state index contributed by atoms with van der Waals surface area (Å²) in [6, 6.07) is 7.03. The van der Waals surface area contributed by atoms with Crippen LogP contribution in [0.25, 0.3) is 0 Å². The Morgan fingerprint density at radius 1 is 1.40 bits per heavy atom. The van der Waals surface area contributed by atoms with Crippen molar-refractivity contribution < 1.29 is 18.3 Å². The van der Waals surface area contributed by atoms with Gasteiger partial charge in [0.1, 0.15) is 11.6 Å². The number of hydrogen-bond donors (Lipinski definition) is 1. The highest BCUT2D eigenvalue weighted by molar-refractivity contribution is 6.30. The third-order valence-corrected chi connectivity index (χ3v) is 2.98. The highest BCUT2D eigenvalue weighted by atomic mass is 35.5. The maximum atomic E-state index is 13.6. The van der Waals surface area contributed by atoms with Crippen molar-refractivity contribution in [2.45, 2.75) is 13.0 Å². The van der Waals surface area contributed by atoms with Crippen molar-refractivity contribution in [1.82, 2.24) is 0 Å². The van der Waals surface area contributed by atoms with Gasteiger partial charge >= 0.3 is 5.97 Å². The molecule has 1 heterocycles. The third kappa shape index (κ3) is 3.11. The van der Waals surface area contributed by atoms with E-state index in [0.717, 1.165) is 0 Å². The molecule has 0 radical (unpaired) electrons. The first-order valence-electron chi connectivity index (χ1n) is 5.91. The molecule has 0 fully saturated rings. The Kier molecular flexibility index (Phi) is 4.29. The summed E-state index contributed by atoms with van der Waals surface area (Å²) in [4.78, 5) is 11.3. The summed E-state index contributed by atoms with van der Waals surface area (Å²) in [6.45, 7) is 1.78. The molecule has 2 rings (SSSR count). The lowest BCUT2D eigenvalue weighted by molar-refractivity contribution is 0.0562. The van der Waals surface area contributed by atoms with E-state index < -0.39 is 11.8 Å². The van der Waals surface area contributed by atoms with Crippen molar-refractivity contribution in [1.29, 1.82) is 0 Å². The number of ether oxygens (including phenoxy) is 1. The molecule has 0 spiro atoms. The number of methoxy groups -OCH3 is 1. The van der Waals surface area contributed by atoms with Crippen LogP contribution in [0.4, 0.5) is 10.1 Å². The molecule has 1 atom stereocenters. The molecule has 1 unspecified atom stereocenters. The van der Waals surface area contributed by atoms with E-state index in [0.29, 0.717) is 10.8 Å². The van der Waals surface area contributed by atoms with Gasteiger partial charge in [0, 0.05) is 5.02 Å². The Bertz CT molecular complexity index is 627. The molecular formula is C14H13ClFNO3. The topological polar surface area (TPSA) is 51.5 Å². The van der Waals surface area contributed by atoms with E-state index >= 15 is 0 Å². The molecule has 0 aliphatic carbocycles. The molecule has 106 valence electrons. The predicted octanol–water partition coefficient (Wildman–Crippen LogP) is 4.03. The monoisotopic (exact) mass is 297 g/mol. The number of carbonyl (C=O) groups is 1. The average molecular weight is 298 g/mol. The summed E-state index contributed by atoms with van der Waals surface area (Å²) in [5, 5.41) is 3.36. The van der Waals surface area contributed by atoms with Crippen molar-refractivity contribution in [2.24, 2.45) is 0 Å². The number of rotatable bonds is 4. The zero-order valence-electron chi connectivity index (χ0n) is 10.9. The fourth-order valence-corrected chi connectivity index (χ4v) is 1.88. The van der Waals surface area contributed by atoms with Gasteiger partial charge in [0.2, 0.25) is 5.76 Å². The van der Waals surface area contributed by atoms with E-state index in [4.69, 9.17) is 16.0 Å². The predicted molar refractivity (Wildman–Crippen MR) is 73.5 cm³/mol. The standard InChI is InChI=1S/C14H13ClFNO3/c1-8(12-5-6-13(20-12)14(18)19-2)17-11-7-9(15)3-4-10(11)16/h3-8,17H,1-2H3. The number of furan rings is 1. The molecule has 0 saturated heterocycles. The number of benzene rings is 1. The molecule has 2 aromatic rings. The fourth-order valence-electron chi connectivity index (χ4n) is 1.71. The second-order valence-electron chi connectivity index (χ2n) is 4.18. The summed E-state index contributed by atoms with van der Waals surface area (Å²) in [7, 11) is 1.27. The first-order valence-corrected chi connectivity index (χ1v) is 6.28. The van der Waals surface area contributed by atoms with E-state index in [1.54, 1.807) is 13.0 Å². The number of esters is 1. The van der Waals surface area contributed by atoms with Gasteiger partial charge < -0.3 is 14.5 Å². The molecule has 0 aliphatic heterocycles. The van der Waals surface area contributed by atoms with Crippen LogP contribution in [-0.2, 0) is 4.74 Å². The number of carbonyl (C=O) groups excluding carboxylic acids is 1. The second kappa shape index (κ2) is 5.96. The maximum absolute atomic E-state index is 13.6. The zero-order valence-corrected chi connectivity index (χ0v) is 11.7. The Hall–Kier alpha value is -2.01. The molecule has 6 heteroatoms. The lowest BCUT2D eigenvalue weighted by Gasteiger charge is -2.13. The van der Waals surface area contributed by atoms with Gasteiger partial charge in [-0.05, 0) is 37.3 Å². The minimum atomic E-state index is -0.558. The van der Waals surface area contributed by atoms with Gasteiger partial charge in [0.15, 0.2) is 0 Å². The molecule has 0 aliphatic rings. The van der Waals surface area contributed by atoms with Crippen LogP contribution in [-0.4, -0.2) is 13.1 Å². The molecule has 0 amide bonds. The first kappa shape index (κ1) is 14.4. The number of nitrogens with one attached hydrogen (secondary N) is 1. The average Bonchev–Trinajstić information content (AvgIpc) is 2.91. The molecule has 4 nitrogen and oxygen atoms in total. The summed E-state index contributed by atoms with van der Waals surface area (Å²) in [5.41, 5.74) is 0.265. The summed E-state index contributed by atoms with van der Waals surface area (Å²) >= 11 is 5.82. The molecule has 1 aromatic heterocycles. The summed E-state index contributed by atoms with van der Waals surface area (Å²) < 4.78 is 23.5. The largest absolute Gasteiger partial charge is 0.463 e. The van der Waals surface area contributed by atoms with E-state index in [1.807, 2.05) is 0 Å². The Balaban J connectivity index is 2.15. The zero-order chi connectivity index (χ0) is 14.7. The summed E-state index contributed by atoms with van der Waals surface area (Å²) in [6.07, 6.45) is 0. The van der Waals surface area contributed by atoms with Crippen molar-refractivity contribution in [3.05, 3.63) is 52.7 Å². The number of anilines is 1.